The lowest BCUT2D eigenvalue weighted by atomic mass is 10.4. The van der Waals surface area contributed by atoms with Gasteiger partial charge in [-0.3, -0.25) is 0 Å². The fourth-order valence-corrected chi connectivity index (χ4v) is 1.82. The summed E-state index contributed by atoms with van der Waals surface area (Å²) in [5.41, 5.74) is 5.88. The van der Waals surface area contributed by atoms with E-state index in [0.29, 0.717) is 15.5 Å². The summed E-state index contributed by atoms with van der Waals surface area (Å²) >= 11 is 1.16. The summed E-state index contributed by atoms with van der Waals surface area (Å²) in [6.07, 6.45) is -0.677. The Morgan fingerprint density at radius 2 is 2.38 bits per heavy atom. The van der Waals surface area contributed by atoms with Gasteiger partial charge < -0.3 is 15.6 Å². The number of anilines is 1. The molecule has 0 aliphatic rings. The number of ether oxygens (including phenoxy) is 1. The van der Waals surface area contributed by atoms with Crippen LogP contribution in [-0.4, -0.2) is 27.8 Å². The first-order valence-corrected chi connectivity index (χ1v) is 5.41. The topological polar surface area (TPSA) is 81.3 Å². The van der Waals surface area contributed by atoms with E-state index in [-0.39, 0.29) is 12.5 Å². The molecule has 2 rings (SSSR count). The summed E-state index contributed by atoms with van der Waals surface area (Å²) in [4.78, 5) is 8.35. The van der Waals surface area contributed by atoms with Gasteiger partial charge in [0.05, 0.1) is 6.10 Å². The van der Waals surface area contributed by atoms with Crippen molar-refractivity contribution in [2.45, 2.75) is 13.0 Å². The van der Waals surface area contributed by atoms with Crippen molar-refractivity contribution >= 4 is 26.8 Å². The third-order valence-corrected chi connectivity index (χ3v) is 2.58. The minimum atomic E-state index is -0.677. The van der Waals surface area contributed by atoms with Crippen LogP contribution in [0.25, 0.3) is 10.3 Å². The number of aliphatic hydroxyl groups excluding tert-OH is 1. The number of hydrogen-bond donors (Lipinski definition) is 2. The smallest absolute Gasteiger partial charge is 0.252 e. The van der Waals surface area contributed by atoms with Gasteiger partial charge in [-0.15, -0.1) is 0 Å². The maximum absolute atomic E-state index is 13.4. The predicted molar refractivity (Wildman–Crippen MR) is 59.0 cm³/mol. The summed E-state index contributed by atoms with van der Waals surface area (Å²) in [5.74, 6) is -0.754. The van der Waals surface area contributed by atoms with Gasteiger partial charge in [0.1, 0.15) is 17.0 Å². The largest absolute Gasteiger partial charge is 0.473 e. The van der Waals surface area contributed by atoms with Gasteiger partial charge in [-0.1, -0.05) is 11.3 Å². The molecule has 0 aliphatic heterocycles. The molecule has 0 fully saturated rings. The standard InChI is InChI=1S/C9H10FN3O2S/c1-4(14)3-15-7-5(10)2-6-8(13-7)16-9(11)12-6/h2,4,14H,3H2,1H3,(H2,11,12). The maximum Gasteiger partial charge on any atom is 0.252 e. The molecular formula is C9H10FN3O2S. The van der Waals surface area contributed by atoms with E-state index in [0.717, 1.165) is 11.3 Å². The number of nitrogen functional groups attached to an aromatic ring is 1. The molecule has 0 spiro atoms. The lowest BCUT2D eigenvalue weighted by molar-refractivity contribution is 0.117. The van der Waals surface area contributed by atoms with Gasteiger partial charge in [-0.2, -0.15) is 4.98 Å². The van der Waals surface area contributed by atoms with E-state index in [2.05, 4.69) is 9.97 Å². The quantitative estimate of drug-likeness (QED) is 0.845. The summed E-state index contributed by atoms with van der Waals surface area (Å²) < 4.78 is 18.5. The van der Waals surface area contributed by atoms with Crippen molar-refractivity contribution in [2.75, 3.05) is 12.3 Å². The number of thiazole rings is 1. The molecule has 16 heavy (non-hydrogen) atoms. The molecule has 0 radical (unpaired) electrons. The number of hydrogen-bond acceptors (Lipinski definition) is 6. The van der Waals surface area contributed by atoms with Gasteiger partial charge in [-0.05, 0) is 6.92 Å². The second-order valence-electron chi connectivity index (χ2n) is 3.31. The van der Waals surface area contributed by atoms with E-state index in [1.165, 1.54) is 6.07 Å². The summed E-state index contributed by atoms with van der Waals surface area (Å²) in [6, 6.07) is 1.21. The van der Waals surface area contributed by atoms with Gasteiger partial charge in [0.25, 0.3) is 5.88 Å². The van der Waals surface area contributed by atoms with E-state index < -0.39 is 11.9 Å². The van der Waals surface area contributed by atoms with Crippen LogP contribution >= 0.6 is 11.3 Å². The van der Waals surface area contributed by atoms with Crippen LogP contribution in [0.3, 0.4) is 0 Å². The molecule has 3 N–H and O–H groups in total. The van der Waals surface area contributed by atoms with Gasteiger partial charge >= 0.3 is 0 Å². The molecule has 0 saturated heterocycles. The normalized spacial score (nSPS) is 12.9. The van der Waals surface area contributed by atoms with E-state index in [1.54, 1.807) is 6.92 Å². The van der Waals surface area contributed by atoms with E-state index in [1.807, 2.05) is 0 Å². The van der Waals surface area contributed by atoms with Crippen LogP contribution in [0.4, 0.5) is 9.52 Å². The maximum atomic E-state index is 13.4. The zero-order valence-electron chi connectivity index (χ0n) is 8.48. The molecule has 0 aromatic carbocycles. The highest BCUT2D eigenvalue weighted by atomic mass is 32.1. The third kappa shape index (κ3) is 2.20. The number of aromatic nitrogens is 2. The third-order valence-electron chi connectivity index (χ3n) is 1.78. The van der Waals surface area contributed by atoms with Gasteiger partial charge in [-0.25, -0.2) is 9.37 Å². The van der Waals surface area contributed by atoms with Crippen LogP contribution in [0.1, 0.15) is 6.92 Å². The number of nitrogens with two attached hydrogens (primary N) is 1. The van der Waals surface area contributed by atoms with Gasteiger partial charge in [0.15, 0.2) is 10.9 Å². The zero-order chi connectivity index (χ0) is 11.7. The highest BCUT2D eigenvalue weighted by molar-refractivity contribution is 7.21. The molecule has 0 aliphatic carbocycles. The lowest BCUT2D eigenvalue weighted by Crippen LogP contribution is -2.14. The highest BCUT2D eigenvalue weighted by Crippen LogP contribution is 2.26. The Morgan fingerprint density at radius 1 is 1.62 bits per heavy atom. The van der Waals surface area contributed by atoms with Crippen LogP contribution in [0.2, 0.25) is 0 Å². The molecule has 1 atom stereocenters. The Bertz CT molecular complexity index is 515. The SMILES string of the molecule is CC(O)COc1nc2sc(N)nc2cc1F. The van der Waals surface area contributed by atoms with Crippen LogP contribution in [0.5, 0.6) is 5.88 Å². The van der Waals surface area contributed by atoms with Crippen LogP contribution < -0.4 is 10.5 Å². The van der Waals surface area contributed by atoms with Crippen molar-refractivity contribution < 1.29 is 14.2 Å². The lowest BCUT2D eigenvalue weighted by Gasteiger charge is -2.07. The number of halogens is 1. The Hall–Kier alpha value is -1.47. The average Bonchev–Trinajstić information content (AvgIpc) is 2.53. The molecule has 0 bridgehead atoms. The molecule has 5 nitrogen and oxygen atoms in total. The molecule has 1 unspecified atom stereocenters. The van der Waals surface area contributed by atoms with E-state index in [4.69, 9.17) is 15.6 Å². The number of fused-ring (bicyclic) bond motifs is 1. The van der Waals surface area contributed by atoms with Gasteiger partial charge in [0.2, 0.25) is 0 Å². The van der Waals surface area contributed by atoms with Crippen molar-refractivity contribution in [1.29, 1.82) is 0 Å². The van der Waals surface area contributed by atoms with Crippen LogP contribution in [-0.2, 0) is 0 Å². The minimum Gasteiger partial charge on any atom is -0.473 e. The van der Waals surface area contributed by atoms with E-state index >= 15 is 0 Å². The first kappa shape index (κ1) is 11.0. The molecule has 2 aromatic rings. The highest BCUT2D eigenvalue weighted by Gasteiger charge is 2.12. The predicted octanol–water partition coefficient (Wildman–Crippen LogP) is 1.17. The molecule has 7 heteroatoms. The second kappa shape index (κ2) is 4.18. The molecule has 2 heterocycles. The monoisotopic (exact) mass is 243 g/mol. The fraction of sp³-hybridized carbons (Fsp3) is 0.333. The zero-order valence-corrected chi connectivity index (χ0v) is 9.29. The number of nitrogens with zero attached hydrogens (tertiary/aromatic N) is 2. The molecule has 86 valence electrons. The van der Waals surface area contributed by atoms with Crippen molar-refractivity contribution in [2.24, 2.45) is 0 Å². The molecule has 2 aromatic heterocycles. The fourth-order valence-electron chi connectivity index (χ4n) is 1.14. The first-order valence-electron chi connectivity index (χ1n) is 4.59. The Morgan fingerprint density at radius 3 is 3.06 bits per heavy atom. The number of pyridine rings is 1. The van der Waals surface area contributed by atoms with Crippen molar-refractivity contribution in [1.82, 2.24) is 9.97 Å². The molecular weight excluding hydrogens is 233 g/mol. The number of rotatable bonds is 3. The van der Waals surface area contributed by atoms with Crippen LogP contribution in [0.15, 0.2) is 6.07 Å². The van der Waals surface area contributed by atoms with Crippen LogP contribution in [0, 0.1) is 5.82 Å². The Kier molecular flexibility index (Phi) is 2.88. The molecule has 0 saturated carbocycles. The van der Waals surface area contributed by atoms with Crippen molar-refractivity contribution in [3.05, 3.63) is 11.9 Å². The minimum absolute atomic E-state index is 0.0102. The molecule has 0 amide bonds. The Labute approximate surface area is 94.7 Å². The van der Waals surface area contributed by atoms with Gasteiger partial charge in [0, 0.05) is 6.07 Å². The Balaban J connectivity index is 2.34. The second-order valence-corrected chi connectivity index (χ2v) is 4.32. The number of aliphatic hydroxyl groups is 1. The summed E-state index contributed by atoms with van der Waals surface area (Å²) in [7, 11) is 0. The van der Waals surface area contributed by atoms with E-state index in [9.17, 15) is 4.39 Å². The first-order chi connectivity index (χ1) is 7.56. The summed E-state index contributed by atoms with van der Waals surface area (Å²) in [6.45, 7) is 1.53. The van der Waals surface area contributed by atoms with Crippen molar-refractivity contribution in [3.8, 4) is 5.88 Å². The average molecular weight is 243 g/mol. The van der Waals surface area contributed by atoms with Crippen molar-refractivity contribution in [3.63, 3.8) is 0 Å². The summed E-state index contributed by atoms with van der Waals surface area (Å²) in [5, 5.41) is 9.35.